The number of carbonyl (C=O) groups is 1. The lowest BCUT2D eigenvalue weighted by Crippen LogP contribution is -2.49. The maximum absolute atomic E-state index is 14.1. The van der Waals surface area contributed by atoms with Gasteiger partial charge in [0.1, 0.15) is 11.9 Å². The standard InChI is InChI=1S/C20H16BrFN4O/c21-14-6-17-11(5-15(14)22)13(8-24-17)19-20(27)25-9-18(26-19)12-7-23-16-4-2-1-3-10(12)16/h1-8,18-19,23-24,26H,9H2,(H,25,27). The number of carbonyl (C=O) groups excluding carboxylic acids is 1. The third kappa shape index (κ3) is 2.65. The minimum absolute atomic E-state index is 0.0471. The molecule has 0 saturated carbocycles. The Morgan fingerprint density at radius 2 is 1.78 bits per heavy atom. The predicted molar refractivity (Wildman–Crippen MR) is 106 cm³/mol. The molecule has 3 heterocycles. The van der Waals surface area contributed by atoms with Crippen LogP contribution in [0, 0.1) is 5.82 Å². The Balaban J connectivity index is 1.55. The molecular weight excluding hydrogens is 411 g/mol. The smallest absolute Gasteiger partial charge is 0.241 e. The van der Waals surface area contributed by atoms with E-state index in [2.05, 4.69) is 42.6 Å². The fourth-order valence-electron chi connectivity index (χ4n) is 3.83. The van der Waals surface area contributed by atoms with E-state index < -0.39 is 6.04 Å². The number of nitrogens with one attached hydrogen (secondary N) is 4. The molecule has 4 aromatic rings. The van der Waals surface area contributed by atoms with Crippen molar-refractivity contribution in [1.29, 1.82) is 0 Å². The van der Waals surface area contributed by atoms with Crippen molar-refractivity contribution in [2.45, 2.75) is 12.1 Å². The SMILES string of the molecule is O=C1NCC(c2c[nH]c3ccccc23)NC1c1c[nH]c2cc(Br)c(F)cc12. The van der Waals surface area contributed by atoms with Gasteiger partial charge in [0.05, 0.1) is 10.5 Å². The number of H-pyrrole nitrogens is 2. The first-order chi connectivity index (χ1) is 13.1. The summed E-state index contributed by atoms with van der Waals surface area (Å²) in [6, 6.07) is 10.6. The summed E-state index contributed by atoms with van der Waals surface area (Å²) >= 11 is 3.20. The number of hydrogen-bond donors (Lipinski definition) is 4. The van der Waals surface area contributed by atoms with Crippen molar-refractivity contribution in [3.63, 3.8) is 0 Å². The largest absolute Gasteiger partial charge is 0.361 e. The molecule has 0 aliphatic carbocycles. The average Bonchev–Trinajstić information content (AvgIpc) is 3.27. The molecule has 7 heteroatoms. The summed E-state index contributed by atoms with van der Waals surface area (Å²) in [5.41, 5.74) is 3.67. The maximum Gasteiger partial charge on any atom is 0.241 e. The molecule has 0 bridgehead atoms. The van der Waals surface area contributed by atoms with Crippen LogP contribution in [0.4, 0.5) is 4.39 Å². The van der Waals surface area contributed by atoms with Gasteiger partial charge in [-0.15, -0.1) is 0 Å². The maximum atomic E-state index is 14.1. The second kappa shape index (κ2) is 6.21. The molecule has 2 aromatic carbocycles. The lowest BCUT2D eigenvalue weighted by molar-refractivity contribution is -0.125. The van der Waals surface area contributed by atoms with Gasteiger partial charge in [0, 0.05) is 46.3 Å². The summed E-state index contributed by atoms with van der Waals surface area (Å²) in [7, 11) is 0. The van der Waals surface area contributed by atoms with Gasteiger partial charge in [-0.1, -0.05) is 18.2 Å². The molecule has 1 aliphatic heterocycles. The second-order valence-electron chi connectivity index (χ2n) is 6.74. The molecular formula is C20H16BrFN4O. The van der Waals surface area contributed by atoms with E-state index in [1.807, 2.05) is 24.4 Å². The van der Waals surface area contributed by atoms with Crippen LogP contribution in [-0.2, 0) is 4.79 Å². The Hall–Kier alpha value is -2.64. The molecule has 1 aliphatic rings. The van der Waals surface area contributed by atoms with E-state index in [0.717, 1.165) is 27.5 Å². The number of para-hydroxylation sites is 1. The van der Waals surface area contributed by atoms with E-state index in [-0.39, 0.29) is 17.8 Å². The predicted octanol–water partition coefficient (Wildman–Crippen LogP) is 4.05. The number of aromatic nitrogens is 2. The van der Waals surface area contributed by atoms with Gasteiger partial charge in [-0.05, 0) is 39.7 Å². The summed E-state index contributed by atoms with van der Waals surface area (Å²) in [6.07, 6.45) is 3.74. The number of fused-ring (bicyclic) bond motifs is 2. The molecule has 4 N–H and O–H groups in total. The average molecular weight is 427 g/mol. The topological polar surface area (TPSA) is 72.7 Å². The molecule has 2 aromatic heterocycles. The van der Waals surface area contributed by atoms with Crippen molar-refractivity contribution in [3.8, 4) is 0 Å². The molecule has 0 radical (unpaired) electrons. The number of rotatable bonds is 2. The molecule has 5 nitrogen and oxygen atoms in total. The lowest BCUT2D eigenvalue weighted by atomic mass is 9.97. The first-order valence-electron chi connectivity index (χ1n) is 8.67. The van der Waals surface area contributed by atoms with Crippen LogP contribution in [0.15, 0.2) is 53.3 Å². The van der Waals surface area contributed by atoms with Crippen LogP contribution in [0.2, 0.25) is 0 Å². The first kappa shape index (κ1) is 16.5. The molecule has 1 fully saturated rings. The highest BCUT2D eigenvalue weighted by molar-refractivity contribution is 9.10. The van der Waals surface area contributed by atoms with E-state index in [1.54, 1.807) is 12.3 Å². The summed E-state index contributed by atoms with van der Waals surface area (Å²) in [6.45, 7) is 0.499. The van der Waals surface area contributed by atoms with Crippen LogP contribution >= 0.6 is 15.9 Å². The zero-order chi connectivity index (χ0) is 18.5. The van der Waals surface area contributed by atoms with Gasteiger partial charge in [0.2, 0.25) is 5.91 Å². The minimum Gasteiger partial charge on any atom is -0.361 e. The van der Waals surface area contributed by atoms with Gasteiger partial charge in [-0.2, -0.15) is 0 Å². The van der Waals surface area contributed by atoms with E-state index in [9.17, 15) is 9.18 Å². The monoisotopic (exact) mass is 426 g/mol. The Kier molecular flexibility index (Phi) is 3.80. The third-order valence-electron chi connectivity index (χ3n) is 5.17. The number of amides is 1. The first-order valence-corrected chi connectivity index (χ1v) is 9.47. The molecule has 5 rings (SSSR count). The van der Waals surface area contributed by atoms with E-state index >= 15 is 0 Å². The number of aromatic amines is 2. The van der Waals surface area contributed by atoms with Crippen LogP contribution in [-0.4, -0.2) is 22.4 Å². The van der Waals surface area contributed by atoms with Crippen molar-refractivity contribution in [1.82, 2.24) is 20.6 Å². The van der Waals surface area contributed by atoms with Crippen molar-refractivity contribution in [2.24, 2.45) is 0 Å². The van der Waals surface area contributed by atoms with Gasteiger partial charge >= 0.3 is 0 Å². The second-order valence-corrected chi connectivity index (χ2v) is 7.60. The quantitative estimate of drug-likeness (QED) is 0.390. The Morgan fingerprint density at radius 1 is 1.00 bits per heavy atom. The van der Waals surface area contributed by atoms with E-state index in [0.29, 0.717) is 16.4 Å². The summed E-state index contributed by atoms with van der Waals surface area (Å²) < 4.78 is 14.4. The van der Waals surface area contributed by atoms with Gasteiger partial charge in [-0.25, -0.2) is 4.39 Å². The third-order valence-corrected chi connectivity index (χ3v) is 5.78. The van der Waals surface area contributed by atoms with E-state index in [4.69, 9.17) is 0 Å². The zero-order valence-electron chi connectivity index (χ0n) is 14.1. The fraction of sp³-hybridized carbons (Fsp3) is 0.150. The number of hydrogen-bond acceptors (Lipinski definition) is 2. The molecule has 2 unspecified atom stereocenters. The number of halogens is 2. The van der Waals surface area contributed by atoms with Gasteiger partial charge < -0.3 is 15.3 Å². The van der Waals surface area contributed by atoms with Crippen LogP contribution in [0.25, 0.3) is 21.8 Å². The molecule has 2 atom stereocenters. The van der Waals surface area contributed by atoms with Gasteiger partial charge in [-0.3, -0.25) is 10.1 Å². The Morgan fingerprint density at radius 3 is 2.67 bits per heavy atom. The highest BCUT2D eigenvalue weighted by Crippen LogP contribution is 2.33. The zero-order valence-corrected chi connectivity index (χ0v) is 15.7. The number of piperazine rings is 1. The highest BCUT2D eigenvalue weighted by Gasteiger charge is 2.32. The molecule has 1 amide bonds. The van der Waals surface area contributed by atoms with Crippen molar-refractivity contribution in [3.05, 3.63) is 70.2 Å². The molecule has 1 saturated heterocycles. The molecule has 0 spiro atoms. The summed E-state index contributed by atoms with van der Waals surface area (Å²) in [4.78, 5) is 19.0. The van der Waals surface area contributed by atoms with Crippen LogP contribution in [0.5, 0.6) is 0 Å². The summed E-state index contributed by atoms with van der Waals surface area (Å²) in [5, 5.41) is 8.24. The van der Waals surface area contributed by atoms with Crippen molar-refractivity contribution < 1.29 is 9.18 Å². The molecule has 136 valence electrons. The Labute approximate surface area is 162 Å². The highest BCUT2D eigenvalue weighted by atomic mass is 79.9. The van der Waals surface area contributed by atoms with Crippen LogP contribution in [0.3, 0.4) is 0 Å². The lowest BCUT2D eigenvalue weighted by Gasteiger charge is -2.31. The van der Waals surface area contributed by atoms with Gasteiger partial charge in [0.15, 0.2) is 0 Å². The minimum atomic E-state index is -0.563. The fourth-order valence-corrected chi connectivity index (χ4v) is 4.17. The normalized spacial score (nSPS) is 20.3. The van der Waals surface area contributed by atoms with Gasteiger partial charge in [0.25, 0.3) is 0 Å². The van der Waals surface area contributed by atoms with E-state index in [1.165, 1.54) is 6.07 Å². The number of benzene rings is 2. The van der Waals surface area contributed by atoms with Crippen LogP contribution < -0.4 is 10.6 Å². The van der Waals surface area contributed by atoms with Crippen molar-refractivity contribution in [2.75, 3.05) is 6.54 Å². The van der Waals surface area contributed by atoms with Crippen LogP contribution in [0.1, 0.15) is 23.2 Å². The summed E-state index contributed by atoms with van der Waals surface area (Å²) in [5.74, 6) is -0.469. The van der Waals surface area contributed by atoms with Crippen molar-refractivity contribution >= 4 is 43.6 Å². The molecule has 27 heavy (non-hydrogen) atoms. The Bertz CT molecular complexity index is 1180.